The van der Waals surface area contributed by atoms with Crippen LogP contribution in [0.1, 0.15) is 20.8 Å². The molecule has 0 amide bonds. The topological polar surface area (TPSA) is 9.23 Å². The van der Waals surface area contributed by atoms with Crippen molar-refractivity contribution >= 4 is 12.6 Å². The molecule has 0 aliphatic heterocycles. The van der Waals surface area contributed by atoms with Crippen molar-refractivity contribution in [3.05, 3.63) is 24.3 Å². The predicted octanol–water partition coefficient (Wildman–Crippen LogP) is 3.40. The Labute approximate surface area is 80.2 Å². The zero-order chi connectivity index (χ0) is 9.40. The van der Waals surface area contributed by atoms with Gasteiger partial charge in [0.25, 0.3) is 0 Å². The van der Waals surface area contributed by atoms with Crippen molar-refractivity contribution in [1.29, 1.82) is 0 Å². The van der Waals surface area contributed by atoms with Crippen molar-refractivity contribution in [2.45, 2.75) is 25.7 Å². The standard InChI is InChI=1S/C8H10OS.C2H6/c1-2-9-7-3-5-8(10)6-4-7;1-2/h3-6,10H,2H2,1H3;1-2H3. The molecular formula is C10H16OS. The van der Waals surface area contributed by atoms with Crippen molar-refractivity contribution in [3.8, 4) is 5.75 Å². The Morgan fingerprint density at radius 2 is 1.67 bits per heavy atom. The molecule has 0 atom stereocenters. The summed E-state index contributed by atoms with van der Waals surface area (Å²) >= 11 is 4.14. The van der Waals surface area contributed by atoms with Gasteiger partial charge in [0.2, 0.25) is 0 Å². The van der Waals surface area contributed by atoms with E-state index in [0.29, 0.717) is 6.61 Å². The summed E-state index contributed by atoms with van der Waals surface area (Å²) < 4.78 is 5.23. The van der Waals surface area contributed by atoms with Gasteiger partial charge in [-0.2, -0.15) is 0 Å². The van der Waals surface area contributed by atoms with E-state index in [4.69, 9.17) is 4.74 Å². The average molecular weight is 184 g/mol. The molecule has 0 aliphatic carbocycles. The van der Waals surface area contributed by atoms with Crippen LogP contribution in [-0.2, 0) is 0 Å². The van der Waals surface area contributed by atoms with Gasteiger partial charge in [0.15, 0.2) is 0 Å². The van der Waals surface area contributed by atoms with Gasteiger partial charge < -0.3 is 4.74 Å². The fourth-order valence-corrected chi connectivity index (χ4v) is 0.858. The van der Waals surface area contributed by atoms with E-state index in [9.17, 15) is 0 Å². The van der Waals surface area contributed by atoms with E-state index < -0.39 is 0 Å². The minimum Gasteiger partial charge on any atom is -0.494 e. The molecule has 0 radical (unpaired) electrons. The summed E-state index contributed by atoms with van der Waals surface area (Å²) in [6.07, 6.45) is 0. The molecule has 1 nitrogen and oxygen atoms in total. The Hall–Kier alpha value is -0.630. The zero-order valence-electron chi connectivity index (χ0n) is 7.87. The molecule has 0 N–H and O–H groups in total. The van der Waals surface area contributed by atoms with E-state index in [2.05, 4.69) is 12.6 Å². The number of hydrogen-bond acceptors (Lipinski definition) is 2. The fourth-order valence-electron chi connectivity index (χ4n) is 0.709. The lowest BCUT2D eigenvalue weighted by atomic mass is 10.3. The minimum absolute atomic E-state index is 0.714. The van der Waals surface area contributed by atoms with E-state index >= 15 is 0 Å². The van der Waals surface area contributed by atoms with E-state index in [0.717, 1.165) is 10.6 Å². The molecule has 0 saturated heterocycles. The smallest absolute Gasteiger partial charge is 0.119 e. The lowest BCUT2D eigenvalue weighted by molar-refractivity contribution is 0.340. The summed E-state index contributed by atoms with van der Waals surface area (Å²) in [5.41, 5.74) is 0. The number of rotatable bonds is 2. The molecule has 0 heterocycles. The maximum absolute atomic E-state index is 5.23. The Balaban J connectivity index is 0.000000561. The number of ether oxygens (including phenoxy) is 1. The van der Waals surface area contributed by atoms with E-state index in [1.807, 2.05) is 45.0 Å². The first kappa shape index (κ1) is 11.4. The minimum atomic E-state index is 0.714. The summed E-state index contributed by atoms with van der Waals surface area (Å²) in [5.74, 6) is 0.903. The van der Waals surface area contributed by atoms with Gasteiger partial charge in [-0.05, 0) is 31.2 Å². The SMILES string of the molecule is CC.CCOc1ccc(S)cc1. The number of thiol groups is 1. The normalized spacial score (nSPS) is 8.33. The molecule has 68 valence electrons. The monoisotopic (exact) mass is 184 g/mol. The van der Waals surface area contributed by atoms with Crippen molar-refractivity contribution in [2.24, 2.45) is 0 Å². The second kappa shape index (κ2) is 7.04. The molecule has 12 heavy (non-hydrogen) atoms. The highest BCUT2D eigenvalue weighted by atomic mass is 32.1. The van der Waals surface area contributed by atoms with Crippen LogP contribution in [0.3, 0.4) is 0 Å². The highest BCUT2D eigenvalue weighted by Gasteiger charge is 1.88. The van der Waals surface area contributed by atoms with E-state index in [1.54, 1.807) is 0 Å². The van der Waals surface area contributed by atoms with Gasteiger partial charge >= 0.3 is 0 Å². The van der Waals surface area contributed by atoms with Crippen LogP contribution in [0.4, 0.5) is 0 Å². The van der Waals surface area contributed by atoms with Gasteiger partial charge in [-0.1, -0.05) is 13.8 Å². The third kappa shape index (κ3) is 4.29. The van der Waals surface area contributed by atoms with Crippen LogP contribution in [-0.4, -0.2) is 6.61 Å². The summed E-state index contributed by atoms with van der Waals surface area (Å²) in [6.45, 7) is 6.68. The lowest BCUT2D eigenvalue weighted by Crippen LogP contribution is -1.89. The Morgan fingerprint density at radius 1 is 1.17 bits per heavy atom. The second-order valence-corrected chi connectivity index (χ2v) is 2.44. The molecule has 1 aromatic rings. The lowest BCUT2D eigenvalue weighted by Gasteiger charge is -2.00. The highest BCUT2D eigenvalue weighted by molar-refractivity contribution is 7.80. The molecule has 1 aromatic carbocycles. The van der Waals surface area contributed by atoms with Crippen LogP contribution >= 0.6 is 12.6 Å². The van der Waals surface area contributed by atoms with E-state index in [1.165, 1.54) is 0 Å². The van der Waals surface area contributed by atoms with Crippen LogP contribution in [0.5, 0.6) is 5.75 Å². The van der Waals surface area contributed by atoms with Gasteiger partial charge in [0.05, 0.1) is 6.61 Å². The Kier molecular flexibility index (Phi) is 6.67. The number of hydrogen-bond donors (Lipinski definition) is 1. The van der Waals surface area contributed by atoms with Crippen LogP contribution in [0.25, 0.3) is 0 Å². The second-order valence-electron chi connectivity index (χ2n) is 1.93. The highest BCUT2D eigenvalue weighted by Crippen LogP contribution is 2.13. The number of benzene rings is 1. The predicted molar refractivity (Wildman–Crippen MR) is 56.2 cm³/mol. The molecule has 0 spiro atoms. The van der Waals surface area contributed by atoms with Gasteiger partial charge in [-0.15, -0.1) is 12.6 Å². The summed E-state index contributed by atoms with van der Waals surface area (Å²) in [5, 5.41) is 0. The van der Waals surface area contributed by atoms with Gasteiger partial charge in [0, 0.05) is 4.90 Å². The summed E-state index contributed by atoms with van der Waals surface area (Å²) in [6, 6.07) is 7.64. The Bertz CT molecular complexity index is 193. The fraction of sp³-hybridized carbons (Fsp3) is 0.400. The van der Waals surface area contributed by atoms with Gasteiger partial charge in [-0.25, -0.2) is 0 Å². The first-order valence-electron chi connectivity index (χ1n) is 4.24. The maximum atomic E-state index is 5.23. The first-order chi connectivity index (χ1) is 5.83. The van der Waals surface area contributed by atoms with Crippen molar-refractivity contribution in [1.82, 2.24) is 0 Å². The first-order valence-corrected chi connectivity index (χ1v) is 4.69. The van der Waals surface area contributed by atoms with Crippen LogP contribution in [0, 0.1) is 0 Å². The van der Waals surface area contributed by atoms with Crippen LogP contribution < -0.4 is 4.74 Å². The van der Waals surface area contributed by atoms with Crippen molar-refractivity contribution in [3.63, 3.8) is 0 Å². The van der Waals surface area contributed by atoms with E-state index in [-0.39, 0.29) is 0 Å². The summed E-state index contributed by atoms with van der Waals surface area (Å²) in [7, 11) is 0. The van der Waals surface area contributed by atoms with Gasteiger partial charge in [-0.3, -0.25) is 0 Å². The van der Waals surface area contributed by atoms with Crippen molar-refractivity contribution in [2.75, 3.05) is 6.61 Å². The third-order valence-corrected chi connectivity index (χ3v) is 1.45. The van der Waals surface area contributed by atoms with Gasteiger partial charge in [0.1, 0.15) is 5.75 Å². The van der Waals surface area contributed by atoms with Crippen molar-refractivity contribution < 1.29 is 4.74 Å². The molecule has 2 heteroatoms. The third-order valence-electron chi connectivity index (χ3n) is 1.15. The largest absolute Gasteiger partial charge is 0.494 e. The molecule has 0 aliphatic rings. The Morgan fingerprint density at radius 3 is 2.08 bits per heavy atom. The maximum Gasteiger partial charge on any atom is 0.119 e. The molecule has 0 bridgehead atoms. The van der Waals surface area contributed by atoms with Crippen LogP contribution in [0.15, 0.2) is 29.2 Å². The average Bonchev–Trinajstić information content (AvgIpc) is 2.13. The molecular weight excluding hydrogens is 168 g/mol. The molecule has 1 rings (SSSR count). The van der Waals surface area contributed by atoms with Crippen LogP contribution in [0.2, 0.25) is 0 Å². The molecule has 0 fully saturated rings. The quantitative estimate of drug-likeness (QED) is 0.693. The zero-order valence-corrected chi connectivity index (χ0v) is 8.77. The molecule has 0 saturated carbocycles. The summed E-state index contributed by atoms with van der Waals surface area (Å²) in [4.78, 5) is 0.962. The molecule has 0 unspecified atom stereocenters. The molecule has 0 aromatic heterocycles.